The summed E-state index contributed by atoms with van der Waals surface area (Å²) < 4.78 is 0. The minimum atomic E-state index is 0.232. The van der Waals surface area contributed by atoms with E-state index in [1.54, 1.807) is 11.8 Å². The zero-order chi connectivity index (χ0) is 16.9. The molecule has 0 saturated carbocycles. The molecule has 0 atom stereocenters. The van der Waals surface area contributed by atoms with Crippen molar-refractivity contribution in [3.05, 3.63) is 53.9 Å². The maximum atomic E-state index is 12.5. The summed E-state index contributed by atoms with van der Waals surface area (Å²) in [7, 11) is 0. The summed E-state index contributed by atoms with van der Waals surface area (Å²) >= 11 is 1.65. The van der Waals surface area contributed by atoms with Crippen LogP contribution in [0.5, 0.6) is 0 Å². The van der Waals surface area contributed by atoms with Crippen LogP contribution in [0.1, 0.15) is 11.1 Å². The normalized spacial score (nSPS) is 14.8. The summed E-state index contributed by atoms with van der Waals surface area (Å²) in [5, 5.41) is 0. The summed E-state index contributed by atoms with van der Waals surface area (Å²) in [5.74, 6) is 0.745. The van der Waals surface area contributed by atoms with E-state index in [1.807, 2.05) is 29.4 Å². The number of anilines is 1. The SMILES string of the molecule is Cc1ccc(C)c(SCC(=O)N2CCN(c3ccncc3)CC2)c1. The maximum Gasteiger partial charge on any atom is 0.233 e. The van der Waals surface area contributed by atoms with E-state index in [0.29, 0.717) is 5.75 Å². The molecule has 1 aliphatic heterocycles. The first-order valence-corrected chi connectivity index (χ1v) is 9.25. The number of pyridine rings is 1. The van der Waals surface area contributed by atoms with Crippen molar-refractivity contribution in [3.63, 3.8) is 0 Å². The molecule has 1 fully saturated rings. The first kappa shape index (κ1) is 16.8. The number of benzene rings is 1. The van der Waals surface area contributed by atoms with E-state index in [1.165, 1.54) is 21.7 Å². The van der Waals surface area contributed by atoms with Crippen molar-refractivity contribution >= 4 is 23.4 Å². The molecule has 3 rings (SSSR count). The van der Waals surface area contributed by atoms with Crippen LogP contribution in [0.3, 0.4) is 0 Å². The van der Waals surface area contributed by atoms with Gasteiger partial charge in [0.15, 0.2) is 0 Å². The molecule has 0 unspecified atom stereocenters. The molecular formula is C19H23N3OS. The number of amides is 1. The lowest BCUT2D eigenvalue weighted by Gasteiger charge is -2.36. The zero-order valence-electron chi connectivity index (χ0n) is 14.2. The van der Waals surface area contributed by atoms with E-state index in [4.69, 9.17) is 0 Å². The number of carbonyl (C=O) groups excluding carboxylic acids is 1. The highest BCUT2D eigenvalue weighted by Crippen LogP contribution is 2.24. The topological polar surface area (TPSA) is 36.4 Å². The van der Waals surface area contributed by atoms with Crippen LogP contribution in [0.4, 0.5) is 5.69 Å². The molecule has 0 N–H and O–H groups in total. The fraction of sp³-hybridized carbons (Fsp3) is 0.368. The molecule has 0 radical (unpaired) electrons. The summed E-state index contributed by atoms with van der Waals surface area (Å²) in [6.07, 6.45) is 3.63. The molecule has 0 aliphatic carbocycles. The van der Waals surface area contributed by atoms with E-state index in [0.717, 1.165) is 26.2 Å². The van der Waals surface area contributed by atoms with Gasteiger partial charge in [-0.05, 0) is 37.6 Å². The minimum absolute atomic E-state index is 0.232. The Morgan fingerprint density at radius 1 is 1.08 bits per heavy atom. The average Bonchev–Trinajstić information content (AvgIpc) is 2.63. The third-order valence-electron chi connectivity index (χ3n) is 4.36. The van der Waals surface area contributed by atoms with E-state index in [2.05, 4.69) is 41.9 Å². The van der Waals surface area contributed by atoms with Crippen molar-refractivity contribution in [2.45, 2.75) is 18.7 Å². The van der Waals surface area contributed by atoms with Gasteiger partial charge in [-0.25, -0.2) is 0 Å². The third-order valence-corrected chi connectivity index (χ3v) is 5.50. The number of hydrogen-bond donors (Lipinski definition) is 0. The van der Waals surface area contributed by atoms with Gasteiger partial charge in [0.25, 0.3) is 0 Å². The smallest absolute Gasteiger partial charge is 0.233 e. The number of hydrogen-bond acceptors (Lipinski definition) is 4. The lowest BCUT2D eigenvalue weighted by Crippen LogP contribution is -2.49. The Morgan fingerprint density at radius 2 is 1.79 bits per heavy atom. The molecule has 2 aromatic rings. The van der Waals surface area contributed by atoms with Gasteiger partial charge in [-0.15, -0.1) is 11.8 Å². The average molecular weight is 341 g/mol. The van der Waals surface area contributed by atoms with Crippen LogP contribution < -0.4 is 4.90 Å². The lowest BCUT2D eigenvalue weighted by molar-refractivity contribution is -0.128. The molecule has 0 spiro atoms. The summed E-state index contributed by atoms with van der Waals surface area (Å²) in [5.41, 5.74) is 3.66. The molecule has 4 nitrogen and oxygen atoms in total. The second kappa shape index (κ2) is 7.71. The van der Waals surface area contributed by atoms with Crippen LogP contribution in [0.25, 0.3) is 0 Å². The molecule has 0 bridgehead atoms. The Kier molecular flexibility index (Phi) is 5.41. The predicted molar refractivity (Wildman–Crippen MR) is 99.7 cm³/mol. The van der Waals surface area contributed by atoms with Crippen LogP contribution in [-0.2, 0) is 4.79 Å². The minimum Gasteiger partial charge on any atom is -0.368 e. The van der Waals surface area contributed by atoms with Crippen molar-refractivity contribution < 1.29 is 4.79 Å². The molecule has 1 saturated heterocycles. The Hall–Kier alpha value is -2.01. The molecule has 1 aliphatic rings. The van der Waals surface area contributed by atoms with Gasteiger partial charge in [-0.1, -0.05) is 17.7 Å². The van der Waals surface area contributed by atoms with E-state index in [-0.39, 0.29) is 5.91 Å². The molecule has 126 valence electrons. The van der Waals surface area contributed by atoms with Gasteiger partial charge >= 0.3 is 0 Å². The summed E-state index contributed by atoms with van der Waals surface area (Å²) in [4.78, 5) is 22.0. The van der Waals surface area contributed by atoms with Crippen LogP contribution in [-0.4, -0.2) is 47.7 Å². The molecule has 1 aromatic heterocycles. The second-order valence-electron chi connectivity index (χ2n) is 6.13. The van der Waals surface area contributed by atoms with Crippen molar-refractivity contribution in [2.24, 2.45) is 0 Å². The Balaban J connectivity index is 1.51. The van der Waals surface area contributed by atoms with E-state index < -0.39 is 0 Å². The van der Waals surface area contributed by atoms with E-state index >= 15 is 0 Å². The van der Waals surface area contributed by atoms with Gasteiger partial charge in [-0.2, -0.15) is 0 Å². The monoisotopic (exact) mass is 341 g/mol. The highest BCUT2D eigenvalue weighted by atomic mass is 32.2. The van der Waals surface area contributed by atoms with Gasteiger partial charge in [0, 0.05) is 49.2 Å². The molecule has 5 heteroatoms. The Bertz CT molecular complexity index is 697. The molecule has 2 heterocycles. The molecule has 24 heavy (non-hydrogen) atoms. The van der Waals surface area contributed by atoms with E-state index in [9.17, 15) is 4.79 Å². The van der Waals surface area contributed by atoms with Gasteiger partial charge in [0.2, 0.25) is 5.91 Å². The Labute approximate surface area is 147 Å². The van der Waals surface area contributed by atoms with Gasteiger partial charge < -0.3 is 9.80 Å². The number of thioether (sulfide) groups is 1. The number of carbonyl (C=O) groups is 1. The predicted octanol–water partition coefficient (Wildman–Crippen LogP) is 3.14. The number of nitrogens with zero attached hydrogens (tertiary/aromatic N) is 3. The van der Waals surface area contributed by atoms with Crippen LogP contribution in [0.15, 0.2) is 47.6 Å². The molecular weight excluding hydrogens is 318 g/mol. The van der Waals surface area contributed by atoms with Crippen molar-refractivity contribution in [1.29, 1.82) is 0 Å². The standard InChI is InChI=1S/C19H23N3OS/c1-15-3-4-16(2)18(13-15)24-14-19(23)22-11-9-21(10-12-22)17-5-7-20-8-6-17/h3-8,13H,9-12,14H2,1-2H3. The van der Waals surface area contributed by atoms with Gasteiger partial charge in [0.1, 0.15) is 0 Å². The molecule has 1 aromatic carbocycles. The summed E-state index contributed by atoms with van der Waals surface area (Å²) in [6, 6.07) is 10.4. The highest BCUT2D eigenvalue weighted by molar-refractivity contribution is 8.00. The van der Waals surface area contributed by atoms with Crippen LogP contribution in [0, 0.1) is 13.8 Å². The Morgan fingerprint density at radius 3 is 2.50 bits per heavy atom. The first-order chi connectivity index (χ1) is 11.6. The number of rotatable bonds is 4. The fourth-order valence-corrected chi connectivity index (χ4v) is 3.89. The second-order valence-corrected chi connectivity index (χ2v) is 7.15. The van der Waals surface area contributed by atoms with Crippen molar-refractivity contribution in [1.82, 2.24) is 9.88 Å². The molecule has 1 amide bonds. The third kappa shape index (κ3) is 4.09. The number of aromatic nitrogens is 1. The number of aryl methyl sites for hydroxylation is 2. The van der Waals surface area contributed by atoms with Crippen LogP contribution in [0.2, 0.25) is 0 Å². The maximum absolute atomic E-state index is 12.5. The fourth-order valence-electron chi connectivity index (χ4n) is 2.86. The van der Waals surface area contributed by atoms with Crippen LogP contribution >= 0.6 is 11.8 Å². The highest BCUT2D eigenvalue weighted by Gasteiger charge is 2.21. The van der Waals surface area contributed by atoms with Gasteiger partial charge in [-0.3, -0.25) is 9.78 Å². The number of piperazine rings is 1. The van der Waals surface area contributed by atoms with Gasteiger partial charge in [0.05, 0.1) is 5.75 Å². The first-order valence-electron chi connectivity index (χ1n) is 8.26. The largest absolute Gasteiger partial charge is 0.368 e. The van der Waals surface area contributed by atoms with Crippen molar-refractivity contribution in [3.8, 4) is 0 Å². The lowest BCUT2D eigenvalue weighted by atomic mass is 10.2. The summed E-state index contributed by atoms with van der Waals surface area (Å²) in [6.45, 7) is 7.51. The quantitative estimate of drug-likeness (QED) is 0.801. The van der Waals surface area contributed by atoms with Crippen molar-refractivity contribution in [2.75, 3.05) is 36.8 Å². The zero-order valence-corrected chi connectivity index (χ0v) is 15.1.